The molecule has 0 aliphatic heterocycles. The van der Waals surface area contributed by atoms with E-state index in [9.17, 15) is 13.0 Å². The number of rotatable bonds is 5. The fraction of sp³-hybridized carbons (Fsp3) is 0.400. The third kappa shape index (κ3) is 5.72. The molecule has 0 aliphatic carbocycles. The Balaban J connectivity index is 0.00000256. The van der Waals surface area contributed by atoms with Crippen LogP contribution in [0.25, 0.3) is 0 Å². The predicted molar refractivity (Wildman–Crippen MR) is 69.4 cm³/mol. The summed E-state index contributed by atoms with van der Waals surface area (Å²) in [4.78, 5) is -0.0922. The van der Waals surface area contributed by atoms with Gasteiger partial charge in [-0.05, 0) is 30.0 Å². The van der Waals surface area contributed by atoms with Crippen LogP contribution in [-0.4, -0.2) is 23.6 Å². The third-order valence-corrected chi connectivity index (χ3v) is 3.86. The van der Waals surface area contributed by atoms with Crippen molar-refractivity contribution < 1.29 is 42.5 Å². The molecule has 1 rings (SSSR count). The van der Waals surface area contributed by atoms with E-state index in [2.05, 4.69) is 31.9 Å². The Hall–Kier alpha value is 1.09. The minimum Gasteiger partial charge on any atom is -0.744 e. The van der Waals surface area contributed by atoms with Gasteiger partial charge < -0.3 is 4.55 Å². The standard InChI is InChI=1S/C10H12Br2O3S.Na/c11-5-3-8-1-2-9(4-6-12)10(7-8)16(13,14)15;/h1-2,7H,3-6H2,(H,13,14,15);/q;+1/p-1. The first-order valence-corrected chi connectivity index (χ1v) is 8.33. The molecule has 17 heavy (non-hydrogen) atoms. The van der Waals surface area contributed by atoms with Crippen LogP contribution in [-0.2, 0) is 23.0 Å². The van der Waals surface area contributed by atoms with E-state index in [1.165, 1.54) is 6.07 Å². The molecule has 0 aliphatic rings. The van der Waals surface area contributed by atoms with Gasteiger partial charge in [0.2, 0.25) is 0 Å². The normalized spacial score (nSPS) is 11.0. The second-order valence-corrected chi connectivity index (χ2v) is 6.21. The summed E-state index contributed by atoms with van der Waals surface area (Å²) in [5, 5.41) is 1.37. The summed E-state index contributed by atoms with van der Waals surface area (Å²) in [5.74, 6) is 0. The van der Waals surface area contributed by atoms with E-state index < -0.39 is 10.1 Å². The van der Waals surface area contributed by atoms with Crippen LogP contribution in [0.1, 0.15) is 11.1 Å². The first-order valence-electron chi connectivity index (χ1n) is 4.68. The van der Waals surface area contributed by atoms with Crippen LogP contribution in [0, 0.1) is 0 Å². The minimum absolute atomic E-state index is 0. The molecule has 3 nitrogen and oxygen atoms in total. The van der Waals surface area contributed by atoms with E-state index >= 15 is 0 Å². The van der Waals surface area contributed by atoms with Crippen LogP contribution in [0.4, 0.5) is 0 Å². The fourth-order valence-electron chi connectivity index (χ4n) is 1.40. The third-order valence-electron chi connectivity index (χ3n) is 2.15. The SMILES string of the molecule is O=S(=O)([O-])c1cc(CCBr)ccc1CCBr.[Na+]. The van der Waals surface area contributed by atoms with Crippen LogP contribution in [0.3, 0.4) is 0 Å². The fourth-order valence-corrected chi connectivity index (χ4v) is 3.08. The molecule has 7 heteroatoms. The van der Waals surface area contributed by atoms with Crippen molar-refractivity contribution in [3.63, 3.8) is 0 Å². The van der Waals surface area contributed by atoms with Gasteiger partial charge in [0.05, 0.1) is 4.90 Å². The predicted octanol–water partition coefficient (Wildman–Crippen LogP) is -0.530. The molecule has 90 valence electrons. The molecule has 0 saturated carbocycles. The molecule has 1 aromatic carbocycles. The second kappa shape index (κ2) is 8.30. The first-order chi connectivity index (χ1) is 7.49. The Morgan fingerprint density at radius 3 is 2.18 bits per heavy atom. The Kier molecular flexibility index (Phi) is 8.83. The van der Waals surface area contributed by atoms with Crippen molar-refractivity contribution in [3.05, 3.63) is 29.3 Å². The number of alkyl halides is 2. The van der Waals surface area contributed by atoms with E-state index in [0.717, 1.165) is 10.9 Å². The van der Waals surface area contributed by atoms with Crippen LogP contribution in [0.2, 0.25) is 0 Å². The van der Waals surface area contributed by atoms with Crippen LogP contribution in [0.15, 0.2) is 23.1 Å². The maximum atomic E-state index is 11.1. The molecular formula is C10H11Br2NaO3S. The summed E-state index contributed by atoms with van der Waals surface area (Å²) in [6, 6.07) is 5.04. The van der Waals surface area contributed by atoms with Crippen LogP contribution < -0.4 is 29.6 Å². The van der Waals surface area contributed by atoms with Crippen molar-refractivity contribution in [1.82, 2.24) is 0 Å². The maximum Gasteiger partial charge on any atom is 1.00 e. The number of hydrogen-bond donors (Lipinski definition) is 0. The van der Waals surface area contributed by atoms with Gasteiger partial charge in [-0.3, -0.25) is 0 Å². The zero-order valence-corrected chi connectivity index (χ0v) is 15.4. The second-order valence-electron chi connectivity index (χ2n) is 3.27. The smallest absolute Gasteiger partial charge is 0.744 e. The van der Waals surface area contributed by atoms with Crippen molar-refractivity contribution in [2.45, 2.75) is 17.7 Å². The van der Waals surface area contributed by atoms with Gasteiger partial charge in [0.25, 0.3) is 0 Å². The molecule has 0 bridgehead atoms. The Morgan fingerprint density at radius 2 is 1.71 bits per heavy atom. The Labute approximate surface area is 141 Å². The molecule has 0 fully saturated rings. The molecule has 0 unspecified atom stereocenters. The molecule has 0 heterocycles. The number of aryl methyl sites for hydroxylation is 2. The van der Waals surface area contributed by atoms with Gasteiger partial charge in [-0.15, -0.1) is 0 Å². The van der Waals surface area contributed by atoms with E-state index in [1.807, 2.05) is 6.07 Å². The molecular weight excluding hydrogens is 383 g/mol. The topological polar surface area (TPSA) is 57.2 Å². The monoisotopic (exact) mass is 392 g/mol. The van der Waals surface area contributed by atoms with Gasteiger partial charge in [-0.25, -0.2) is 8.42 Å². The van der Waals surface area contributed by atoms with Gasteiger partial charge in [-0.1, -0.05) is 44.0 Å². The molecule has 0 N–H and O–H groups in total. The van der Waals surface area contributed by atoms with Crippen molar-refractivity contribution >= 4 is 42.0 Å². The molecule has 0 amide bonds. The van der Waals surface area contributed by atoms with E-state index in [1.54, 1.807) is 6.07 Å². The molecule has 0 radical (unpaired) electrons. The van der Waals surface area contributed by atoms with Crippen molar-refractivity contribution in [2.75, 3.05) is 10.7 Å². The summed E-state index contributed by atoms with van der Waals surface area (Å²) in [5.41, 5.74) is 1.43. The van der Waals surface area contributed by atoms with Crippen molar-refractivity contribution in [3.8, 4) is 0 Å². The van der Waals surface area contributed by atoms with Gasteiger partial charge >= 0.3 is 29.6 Å². The quantitative estimate of drug-likeness (QED) is 0.384. The van der Waals surface area contributed by atoms with Gasteiger partial charge in [-0.2, -0.15) is 0 Å². The molecule has 0 aromatic heterocycles. The molecule has 0 spiro atoms. The van der Waals surface area contributed by atoms with E-state index in [4.69, 9.17) is 0 Å². The average Bonchev–Trinajstić information content (AvgIpc) is 2.19. The zero-order chi connectivity index (χ0) is 12.2. The summed E-state index contributed by atoms with van der Waals surface area (Å²) in [6.45, 7) is 0. The van der Waals surface area contributed by atoms with Crippen molar-refractivity contribution in [1.29, 1.82) is 0 Å². The number of benzene rings is 1. The minimum atomic E-state index is -4.38. The summed E-state index contributed by atoms with van der Waals surface area (Å²) in [6.07, 6.45) is 1.24. The van der Waals surface area contributed by atoms with Crippen molar-refractivity contribution in [2.24, 2.45) is 0 Å². The number of hydrogen-bond acceptors (Lipinski definition) is 3. The maximum absolute atomic E-state index is 11.1. The summed E-state index contributed by atoms with van der Waals surface area (Å²) >= 11 is 6.51. The Bertz CT molecular complexity index is 463. The van der Waals surface area contributed by atoms with Gasteiger partial charge in [0.1, 0.15) is 10.1 Å². The summed E-state index contributed by atoms with van der Waals surface area (Å²) in [7, 11) is -4.38. The number of halogens is 2. The van der Waals surface area contributed by atoms with Gasteiger partial charge in [0, 0.05) is 10.7 Å². The zero-order valence-electron chi connectivity index (χ0n) is 9.45. The largest absolute Gasteiger partial charge is 1.00 e. The first kappa shape index (κ1) is 18.1. The van der Waals surface area contributed by atoms with E-state index in [-0.39, 0.29) is 34.5 Å². The van der Waals surface area contributed by atoms with Crippen LogP contribution in [0.5, 0.6) is 0 Å². The van der Waals surface area contributed by atoms with Crippen LogP contribution >= 0.6 is 31.9 Å². The molecule has 0 saturated heterocycles. The molecule has 1 aromatic rings. The summed E-state index contributed by atoms with van der Waals surface area (Å²) < 4.78 is 33.3. The molecule has 0 atom stereocenters. The van der Waals surface area contributed by atoms with Gasteiger partial charge in [0.15, 0.2) is 0 Å². The Morgan fingerprint density at radius 1 is 1.12 bits per heavy atom. The van der Waals surface area contributed by atoms with E-state index in [0.29, 0.717) is 23.7 Å². The average molecular weight is 394 g/mol.